The van der Waals surface area contributed by atoms with Crippen molar-refractivity contribution in [1.29, 1.82) is 0 Å². The molecule has 0 aliphatic rings. The zero-order chi connectivity index (χ0) is 21.5. The van der Waals surface area contributed by atoms with Crippen molar-refractivity contribution in [3.05, 3.63) is 77.4 Å². The van der Waals surface area contributed by atoms with Crippen molar-refractivity contribution in [2.24, 2.45) is 0 Å². The summed E-state index contributed by atoms with van der Waals surface area (Å²) in [6, 6.07) is 13.5. The number of carbonyl (C=O) groups is 2. The van der Waals surface area contributed by atoms with Gasteiger partial charge in [-0.3, -0.25) is 14.6 Å². The lowest BCUT2D eigenvalue weighted by molar-refractivity contribution is -0.120. The summed E-state index contributed by atoms with van der Waals surface area (Å²) in [6.07, 6.45) is 2.17. The molecule has 3 aromatic rings. The van der Waals surface area contributed by atoms with Gasteiger partial charge in [0, 0.05) is 38.2 Å². The van der Waals surface area contributed by atoms with Crippen LogP contribution in [0.2, 0.25) is 0 Å². The predicted molar refractivity (Wildman–Crippen MR) is 112 cm³/mol. The number of carbonyl (C=O) groups excluding carboxylic acids is 2. The Bertz CT molecular complexity index is 1060. The van der Waals surface area contributed by atoms with Gasteiger partial charge in [0.25, 0.3) is 5.91 Å². The number of nitrogens with zero attached hydrogens (tertiary/aromatic N) is 2. The smallest absolute Gasteiger partial charge is 0.254 e. The van der Waals surface area contributed by atoms with Crippen LogP contribution in [-0.4, -0.2) is 28.8 Å². The summed E-state index contributed by atoms with van der Waals surface area (Å²) >= 11 is 0. The average Bonchev–Trinajstić information content (AvgIpc) is 2.76. The van der Waals surface area contributed by atoms with Crippen LogP contribution in [0.4, 0.5) is 10.2 Å². The minimum Gasteiger partial charge on any atom is -0.382 e. The van der Waals surface area contributed by atoms with Crippen LogP contribution in [0.3, 0.4) is 0 Å². The van der Waals surface area contributed by atoms with E-state index in [2.05, 4.69) is 20.6 Å². The monoisotopic (exact) mass is 407 g/mol. The first kappa shape index (κ1) is 20.9. The van der Waals surface area contributed by atoms with Gasteiger partial charge in [0.15, 0.2) is 0 Å². The van der Waals surface area contributed by atoms with Gasteiger partial charge in [-0.1, -0.05) is 36.4 Å². The van der Waals surface area contributed by atoms with Crippen molar-refractivity contribution in [2.45, 2.75) is 19.4 Å². The lowest BCUT2D eigenvalue weighted by atomic mass is 10.1. The first-order valence-corrected chi connectivity index (χ1v) is 9.42. The quantitative estimate of drug-likeness (QED) is 0.557. The third kappa shape index (κ3) is 5.16. The number of benzene rings is 2. The Kier molecular flexibility index (Phi) is 6.69. The summed E-state index contributed by atoms with van der Waals surface area (Å²) in [5, 5.41) is 5.23. The molecule has 4 N–H and O–H groups in total. The van der Waals surface area contributed by atoms with Crippen molar-refractivity contribution in [1.82, 2.24) is 20.6 Å². The van der Waals surface area contributed by atoms with Crippen LogP contribution in [0.15, 0.2) is 54.7 Å². The van der Waals surface area contributed by atoms with E-state index in [1.165, 1.54) is 18.3 Å². The summed E-state index contributed by atoms with van der Waals surface area (Å²) in [4.78, 5) is 32.2. The molecule has 0 spiro atoms. The van der Waals surface area contributed by atoms with E-state index in [1.54, 1.807) is 13.1 Å². The van der Waals surface area contributed by atoms with E-state index in [-0.39, 0.29) is 23.7 Å². The number of anilines is 1. The molecule has 30 heavy (non-hydrogen) atoms. The van der Waals surface area contributed by atoms with Crippen molar-refractivity contribution >= 4 is 17.6 Å². The Labute approximate surface area is 173 Å². The highest BCUT2D eigenvalue weighted by Crippen LogP contribution is 2.24. The highest BCUT2D eigenvalue weighted by Gasteiger charge is 2.15. The van der Waals surface area contributed by atoms with E-state index in [0.717, 1.165) is 5.56 Å². The van der Waals surface area contributed by atoms with Crippen LogP contribution >= 0.6 is 0 Å². The number of aryl methyl sites for hydroxylation is 1. The molecule has 7 nitrogen and oxygen atoms in total. The van der Waals surface area contributed by atoms with Gasteiger partial charge in [-0.25, -0.2) is 9.37 Å². The zero-order valence-electron chi connectivity index (χ0n) is 16.5. The molecule has 0 saturated carbocycles. The van der Waals surface area contributed by atoms with Crippen LogP contribution in [-0.2, 0) is 17.8 Å². The van der Waals surface area contributed by atoms with E-state index < -0.39 is 11.7 Å². The Morgan fingerprint density at radius 2 is 1.90 bits per heavy atom. The van der Waals surface area contributed by atoms with Gasteiger partial charge in [0.05, 0.1) is 11.3 Å². The number of hydrogen-bond donors (Lipinski definition) is 3. The zero-order valence-corrected chi connectivity index (χ0v) is 16.5. The van der Waals surface area contributed by atoms with Gasteiger partial charge < -0.3 is 16.4 Å². The second kappa shape index (κ2) is 9.60. The average molecular weight is 407 g/mol. The highest BCUT2D eigenvalue weighted by molar-refractivity contribution is 5.95. The summed E-state index contributed by atoms with van der Waals surface area (Å²) in [7, 11) is 1.56. The van der Waals surface area contributed by atoms with Crippen molar-refractivity contribution in [2.75, 3.05) is 12.8 Å². The van der Waals surface area contributed by atoms with E-state index in [1.807, 2.05) is 30.3 Å². The molecule has 154 valence electrons. The summed E-state index contributed by atoms with van der Waals surface area (Å²) in [5.41, 5.74) is 8.12. The molecule has 2 amide bonds. The van der Waals surface area contributed by atoms with Gasteiger partial charge in [-0.05, 0) is 17.7 Å². The van der Waals surface area contributed by atoms with Gasteiger partial charge in [-0.15, -0.1) is 0 Å². The van der Waals surface area contributed by atoms with E-state index >= 15 is 0 Å². The molecule has 0 bridgehead atoms. The number of rotatable bonds is 7. The number of nitrogen functional groups attached to an aromatic ring is 1. The lowest BCUT2D eigenvalue weighted by Crippen LogP contribution is -2.23. The largest absolute Gasteiger partial charge is 0.382 e. The Morgan fingerprint density at radius 1 is 1.13 bits per heavy atom. The minimum atomic E-state index is -0.678. The molecule has 0 atom stereocenters. The number of nitrogens with one attached hydrogen (secondary N) is 2. The molecular weight excluding hydrogens is 385 g/mol. The molecular formula is C22H22FN5O2. The molecule has 0 saturated heterocycles. The van der Waals surface area contributed by atoms with Crippen molar-refractivity contribution in [3.63, 3.8) is 0 Å². The Hall–Kier alpha value is -3.81. The predicted octanol–water partition coefficient (Wildman–Crippen LogP) is 2.47. The molecule has 0 unspecified atom stereocenters. The third-order valence-corrected chi connectivity index (χ3v) is 4.52. The van der Waals surface area contributed by atoms with Crippen LogP contribution in [0, 0.1) is 5.82 Å². The maximum atomic E-state index is 14.6. The molecule has 8 heteroatoms. The van der Waals surface area contributed by atoms with Gasteiger partial charge in [0.1, 0.15) is 17.3 Å². The normalized spacial score (nSPS) is 10.5. The van der Waals surface area contributed by atoms with E-state index in [9.17, 15) is 14.0 Å². The maximum Gasteiger partial charge on any atom is 0.254 e. The fourth-order valence-electron chi connectivity index (χ4n) is 2.87. The number of nitrogens with two attached hydrogens (primary N) is 1. The molecule has 2 aromatic carbocycles. The van der Waals surface area contributed by atoms with Gasteiger partial charge >= 0.3 is 0 Å². The summed E-state index contributed by atoms with van der Waals surface area (Å²) < 4.78 is 14.6. The molecule has 3 rings (SSSR count). The van der Waals surface area contributed by atoms with Crippen molar-refractivity contribution in [3.8, 4) is 11.3 Å². The van der Waals surface area contributed by atoms with Crippen LogP contribution in [0.5, 0.6) is 0 Å². The number of amides is 2. The topological polar surface area (TPSA) is 110 Å². The first-order chi connectivity index (χ1) is 14.5. The second-order valence-corrected chi connectivity index (χ2v) is 6.63. The van der Waals surface area contributed by atoms with Crippen LogP contribution in [0.1, 0.15) is 28.0 Å². The van der Waals surface area contributed by atoms with E-state index in [0.29, 0.717) is 29.9 Å². The highest BCUT2D eigenvalue weighted by atomic mass is 19.1. The van der Waals surface area contributed by atoms with Crippen LogP contribution < -0.4 is 16.4 Å². The third-order valence-electron chi connectivity index (χ3n) is 4.52. The van der Waals surface area contributed by atoms with Gasteiger partial charge in [0.2, 0.25) is 5.91 Å². The molecule has 0 aliphatic carbocycles. The fraction of sp³-hybridized carbons (Fsp3) is 0.182. The lowest BCUT2D eigenvalue weighted by Gasteiger charge is -2.09. The number of aromatic nitrogens is 2. The van der Waals surface area contributed by atoms with Crippen LogP contribution in [0.25, 0.3) is 11.3 Å². The molecule has 0 radical (unpaired) electrons. The molecule has 0 fully saturated rings. The summed E-state index contributed by atoms with van der Waals surface area (Å²) in [5.74, 6) is -1.16. The minimum absolute atomic E-state index is 0.0663. The summed E-state index contributed by atoms with van der Waals surface area (Å²) in [6.45, 7) is 0.302. The Morgan fingerprint density at radius 3 is 2.57 bits per heavy atom. The second-order valence-electron chi connectivity index (χ2n) is 6.63. The molecule has 1 heterocycles. The number of hydrogen-bond acceptors (Lipinski definition) is 5. The Balaban J connectivity index is 1.71. The van der Waals surface area contributed by atoms with E-state index in [4.69, 9.17) is 5.73 Å². The first-order valence-electron chi connectivity index (χ1n) is 9.42. The van der Waals surface area contributed by atoms with Crippen molar-refractivity contribution < 1.29 is 14.0 Å². The fourth-order valence-corrected chi connectivity index (χ4v) is 2.87. The standard InChI is InChI=1S/C22H22FN5O2/c1-25-19(29)10-8-16-13-26-20(21(24)28-16)15-7-9-17(18(23)11-15)22(30)27-12-14-5-3-2-4-6-14/h2-7,9,11,13H,8,10,12H2,1H3,(H2,24,28)(H,25,29)(H,27,30). The van der Waals surface area contributed by atoms with Gasteiger partial charge in [-0.2, -0.15) is 0 Å². The molecule has 0 aliphatic heterocycles. The number of halogens is 1. The molecule has 1 aromatic heterocycles. The SMILES string of the molecule is CNC(=O)CCc1cnc(-c2ccc(C(=O)NCc3ccccc3)c(F)c2)c(N)n1. The maximum absolute atomic E-state index is 14.6.